The molecule has 0 bridgehead atoms. The Bertz CT molecular complexity index is 1040. The van der Waals surface area contributed by atoms with Crippen molar-refractivity contribution in [2.75, 3.05) is 14.2 Å². The molecule has 0 radical (unpaired) electrons. The first kappa shape index (κ1) is 21.4. The van der Waals surface area contributed by atoms with Crippen LogP contribution in [0.25, 0.3) is 0 Å². The molecule has 0 fully saturated rings. The third-order valence-electron chi connectivity index (χ3n) is 4.22. The molecule has 154 valence electrons. The van der Waals surface area contributed by atoms with Gasteiger partial charge in [0.1, 0.15) is 12.4 Å². The fourth-order valence-corrected chi connectivity index (χ4v) is 3.17. The molecule has 0 aromatic heterocycles. The molecule has 3 rings (SSSR count). The lowest BCUT2D eigenvalue weighted by Gasteiger charge is -2.09. The molecular formula is C23H21BrN2O4. The molecule has 0 aliphatic heterocycles. The molecule has 0 aliphatic rings. The van der Waals surface area contributed by atoms with Crippen LogP contribution >= 0.6 is 15.9 Å². The summed E-state index contributed by atoms with van der Waals surface area (Å²) in [7, 11) is 3.06. The number of benzene rings is 3. The lowest BCUT2D eigenvalue weighted by Crippen LogP contribution is -2.17. The van der Waals surface area contributed by atoms with Crippen molar-refractivity contribution in [3.8, 4) is 17.2 Å². The molecular weight excluding hydrogens is 448 g/mol. The average Bonchev–Trinajstić information content (AvgIpc) is 2.78. The highest BCUT2D eigenvalue weighted by Gasteiger charge is 2.10. The lowest BCUT2D eigenvalue weighted by molar-refractivity contribution is 0.0954. The zero-order valence-corrected chi connectivity index (χ0v) is 18.2. The summed E-state index contributed by atoms with van der Waals surface area (Å²) < 4.78 is 17.0. The molecule has 0 saturated carbocycles. The summed E-state index contributed by atoms with van der Waals surface area (Å²) in [5, 5.41) is 4.02. The van der Waals surface area contributed by atoms with Gasteiger partial charge in [-0.25, -0.2) is 5.43 Å². The van der Waals surface area contributed by atoms with Crippen molar-refractivity contribution in [2.24, 2.45) is 5.10 Å². The Morgan fingerprint density at radius 3 is 2.40 bits per heavy atom. The van der Waals surface area contributed by atoms with E-state index in [1.807, 2.05) is 48.5 Å². The van der Waals surface area contributed by atoms with Gasteiger partial charge in [0.25, 0.3) is 5.91 Å². The second kappa shape index (κ2) is 10.5. The van der Waals surface area contributed by atoms with Crippen LogP contribution in [0.3, 0.4) is 0 Å². The van der Waals surface area contributed by atoms with Gasteiger partial charge in [-0.1, -0.05) is 30.3 Å². The maximum atomic E-state index is 12.3. The van der Waals surface area contributed by atoms with Gasteiger partial charge in [0.2, 0.25) is 0 Å². The van der Waals surface area contributed by atoms with Gasteiger partial charge in [0.15, 0.2) is 11.5 Å². The van der Waals surface area contributed by atoms with Crippen LogP contribution in [0.4, 0.5) is 0 Å². The minimum atomic E-state index is -0.353. The molecule has 0 atom stereocenters. The quantitative estimate of drug-likeness (QED) is 0.380. The van der Waals surface area contributed by atoms with Gasteiger partial charge in [-0.05, 0) is 63.5 Å². The number of carbonyl (C=O) groups excluding carboxylic acids is 1. The summed E-state index contributed by atoms with van der Waals surface area (Å²) >= 11 is 3.51. The fourth-order valence-electron chi connectivity index (χ4n) is 2.66. The predicted octanol–water partition coefficient (Wildman–Crippen LogP) is 4.81. The van der Waals surface area contributed by atoms with Crippen LogP contribution in [0, 0.1) is 0 Å². The Hall–Kier alpha value is -3.32. The second-order valence-electron chi connectivity index (χ2n) is 6.23. The number of amides is 1. The molecule has 30 heavy (non-hydrogen) atoms. The highest BCUT2D eigenvalue weighted by molar-refractivity contribution is 9.10. The van der Waals surface area contributed by atoms with Crippen LogP contribution in [-0.4, -0.2) is 26.3 Å². The first-order chi connectivity index (χ1) is 14.6. The fraction of sp³-hybridized carbons (Fsp3) is 0.130. The van der Waals surface area contributed by atoms with E-state index >= 15 is 0 Å². The van der Waals surface area contributed by atoms with Crippen LogP contribution < -0.4 is 19.6 Å². The monoisotopic (exact) mass is 468 g/mol. The number of carbonyl (C=O) groups is 1. The average molecular weight is 469 g/mol. The summed E-state index contributed by atoms with van der Waals surface area (Å²) in [5.74, 6) is 1.40. The maximum absolute atomic E-state index is 12.3. The van der Waals surface area contributed by atoms with Gasteiger partial charge >= 0.3 is 0 Å². The van der Waals surface area contributed by atoms with Gasteiger partial charge in [-0.15, -0.1) is 0 Å². The summed E-state index contributed by atoms with van der Waals surface area (Å²) in [6, 6.07) is 20.4. The third-order valence-corrected chi connectivity index (χ3v) is 4.84. The number of halogens is 1. The zero-order valence-electron chi connectivity index (χ0n) is 16.6. The predicted molar refractivity (Wildman–Crippen MR) is 120 cm³/mol. The first-order valence-electron chi connectivity index (χ1n) is 9.12. The van der Waals surface area contributed by atoms with Crippen LogP contribution in [0.15, 0.2) is 76.3 Å². The van der Waals surface area contributed by atoms with Crippen LogP contribution in [0.1, 0.15) is 21.5 Å². The molecule has 0 unspecified atom stereocenters. The SMILES string of the molecule is COc1ccc(C(=O)N/N=C/c2ccc(OCc3ccccc3)c(Br)c2)cc1OC. The van der Waals surface area contributed by atoms with E-state index in [9.17, 15) is 4.79 Å². The number of ether oxygens (including phenoxy) is 3. The second-order valence-corrected chi connectivity index (χ2v) is 7.09. The maximum Gasteiger partial charge on any atom is 0.271 e. The lowest BCUT2D eigenvalue weighted by atomic mass is 10.2. The van der Waals surface area contributed by atoms with Gasteiger partial charge < -0.3 is 14.2 Å². The first-order valence-corrected chi connectivity index (χ1v) is 9.91. The number of hydrazone groups is 1. The molecule has 1 N–H and O–H groups in total. The van der Waals surface area contributed by atoms with Gasteiger partial charge in [0, 0.05) is 5.56 Å². The molecule has 0 heterocycles. The van der Waals surface area contributed by atoms with Crippen molar-refractivity contribution in [2.45, 2.75) is 6.61 Å². The number of rotatable bonds is 8. The van der Waals surface area contributed by atoms with Crippen LogP contribution in [0.5, 0.6) is 17.2 Å². The van der Waals surface area contributed by atoms with Crippen LogP contribution in [-0.2, 0) is 6.61 Å². The molecule has 3 aromatic rings. The van der Waals surface area contributed by atoms with Crippen molar-refractivity contribution in [3.63, 3.8) is 0 Å². The number of hydrogen-bond acceptors (Lipinski definition) is 5. The zero-order chi connectivity index (χ0) is 21.3. The van der Waals surface area contributed by atoms with E-state index in [0.29, 0.717) is 23.7 Å². The van der Waals surface area contributed by atoms with Gasteiger partial charge in [0.05, 0.1) is 24.9 Å². The van der Waals surface area contributed by atoms with E-state index in [1.165, 1.54) is 14.2 Å². The van der Waals surface area contributed by atoms with Gasteiger partial charge in [-0.2, -0.15) is 5.10 Å². The Balaban J connectivity index is 1.59. The largest absolute Gasteiger partial charge is 0.493 e. The summed E-state index contributed by atoms with van der Waals surface area (Å²) in [6.45, 7) is 0.480. The molecule has 1 amide bonds. The minimum absolute atomic E-state index is 0.353. The molecule has 0 saturated heterocycles. The van der Waals surface area contributed by atoms with Crippen molar-refractivity contribution in [1.29, 1.82) is 0 Å². The summed E-state index contributed by atoms with van der Waals surface area (Å²) in [5.41, 5.74) is 4.81. The Morgan fingerprint density at radius 1 is 0.967 bits per heavy atom. The highest BCUT2D eigenvalue weighted by atomic mass is 79.9. The van der Waals surface area contributed by atoms with Crippen LogP contribution in [0.2, 0.25) is 0 Å². The molecule has 0 spiro atoms. The van der Waals surface area contributed by atoms with E-state index in [0.717, 1.165) is 21.3 Å². The Morgan fingerprint density at radius 2 is 1.70 bits per heavy atom. The standard InChI is InChI=1S/C23H21BrN2O4/c1-28-21-11-9-18(13-22(21)29-2)23(27)26-25-14-17-8-10-20(19(24)12-17)30-15-16-6-4-3-5-7-16/h3-14H,15H2,1-2H3,(H,26,27)/b25-14+. The number of hydrogen-bond donors (Lipinski definition) is 1. The van der Waals surface area contributed by atoms with Crippen molar-refractivity contribution >= 4 is 28.1 Å². The smallest absolute Gasteiger partial charge is 0.271 e. The normalized spacial score (nSPS) is 10.6. The van der Waals surface area contributed by atoms with E-state index < -0.39 is 0 Å². The van der Waals surface area contributed by atoms with E-state index in [2.05, 4.69) is 26.5 Å². The van der Waals surface area contributed by atoms with Gasteiger partial charge in [-0.3, -0.25) is 4.79 Å². The Kier molecular flexibility index (Phi) is 7.45. The van der Waals surface area contributed by atoms with Crippen molar-refractivity contribution in [3.05, 3.63) is 87.9 Å². The topological polar surface area (TPSA) is 69.2 Å². The highest BCUT2D eigenvalue weighted by Crippen LogP contribution is 2.28. The van der Waals surface area contributed by atoms with E-state index in [1.54, 1.807) is 24.4 Å². The molecule has 6 nitrogen and oxygen atoms in total. The van der Waals surface area contributed by atoms with Crippen molar-refractivity contribution < 1.29 is 19.0 Å². The third kappa shape index (κ3) is 5.61. The number of nitrogens with zero attached hydrogens (tertiary/aromatic N) is 1. The number of methoxy groups -OCH3 is 2. The van der Waals surface area contributed by atoms with E-state index in [-0.39, 0.29) is 5.91 Å². The van der Waals surface area contributed by atoms with Crippen molar-refractivity contribution in [1.82, 2.24) is 5.43 Å². The molecule has 0 aliphatic carbocycles. The Labute approximate surface area is 183 Å². The molecule has 7 heteroatoms. The molecule has 3 aromatic carbocycles. The minimum Gasteiger partial charge on any atom is -0.493 e. The van der Waals surface area contributed by atoms with E-state index in [4.69, 9.17) is 14.2 Å². The summed E-state index contributed by atoms with van der Waals surface area (Å²) in [6.07, 6.45) is 1.56. The summed E-state index contributed by atoms with van der Waals surface area (Å²) in [4.78, 5) is 12.3. The number of nitrogens with one attached hydrogen (secondary N) is 1.